The van der Waals surface area contributed by atoms with Crippen LogP contribution in [-0.2, 0) is 0 Å². The Kier molecular flexibility index (Phi) is 5.28. The summed E-state index contributed by atoms with van der Waals surface area (Å²) in [7, 11) is 0. The molecule has 0 N–H and O–H groups in total. The number of benzene rings is 8. The Morgan fingerprint density at radius 1 is 0.464 bits per heavy atom. The molecule has 0 atom stereocenters. The molecule has 0 saturated heterocycles. The Bertz CT molecular complexity index is 3600. The monoisotopic (exact) mass is 711 g/mol. The van der Waals surface area contributed by atoms with Crippen LogP contribution in [0.25, 0.3) is 82.4 Å². The van der Waals surface area contributed by atoms with E-state index in [1.807, 2.05) is 0 Å². The summed E-state index contributed by atoms with van der Waals surface area (Å²) in [5.41, 5.74) is 17.2. The van der Waals surface area contributed by atoms with Crippen LogP contribution in [-0.4, -0.2) is 25.1 Å². The van der Waals surface area contributed by atoms with Gasteiger partial charge in [-0.25, -0.2) is 4.68 Å². The van der Waals surface area contributed by atoms with Crippen molar-refractivity contribution in [3.63, 3.8) is 0 Å². The molecule has 0 bridgehead atoms. The molecule has 8 aromatic carbocycles. The van der Waals surface area contributed by atoms with E-state index in [4.69, 9.17) is 0 Å². The number of anilines is 3. The zero-order chi connectivity index (χ0) is 36.2. The molecule has 6 heterocycles. The van der Waals surface area contributed by atoms with E-state index in [1.165, 1.54) is 88.0 Å². The lowest BCUT2D eigenvalue weighted by atomic mass is 9.45. The topological polar surface area (TPSA) is 22.4 Å². The van der Waals surface area contributed by atoms with Crippen LogP contribution in [0, 0.1) is 0 Å². The molecule has 0 aliphatic carbocycles. The van der Waals surface area contributed by atoms with E-state index in [2.05, 4.69) is 205 Å². The number of nitrogens with zero attached hydrogens (tertiary/aromatic N) is 5. The minimum atomic E-state index is 0.0171. The fourth-order valence-corrected chi connectivity index (χ4v) is 10.6. The second-order valence-corrected chi connectivity index (χ2v) is 15.4. The van der Waals surface area contributed by atoms with Gasteiger partial charge in [0.05, 0.1) is 27.8 Å². The first kappa shape index (κ1) is 29.0. The normalized spacial score (nSPS) is 13.3. The highest BCUT2D eigenvalue weighted by Crippen LogP contribution is 2.50. The van der Waals surface area contributed by atoms with E-state index >= 15 is 0 Å². The average molecular weight is 712 g/mol. The molecule has 2 aromatic heterocycles. The minimum Gasteiger partial charge on any atom is -0.382 e. The molecule has 0 saturated carbocycles. The van der Waals surface area contributed by atoms with Crippen LogP contribution < -0.4 is 15.8 Å². The van der Waals surface area contributed by atoms with Gasteiger partial charge in [0.25, 0.3) is 0 Å². The van der Waals surface area contributed by atoms with E-state index in [9.17, 15) is 0 Å². The van der Waals surface area contributed by atoms with Crippen LogP contribution in [0.4, 0.5) is 17.1 Å². The molecule has 0 amide bonds. The van der Waals surface area contributed by atoms with E-state index in [0.717, 1.165) is 22.4 Å². The van der Waals surface area contributed by atoms with Crippen molar-refractivity contribution in [1.29, 1.82) is 0 Å². The third-order valence-electron chi connectivity index (χ3n) is 12.7. The summed E-state index contributed by atoms with van der Waals surface area (Å²) in [6.45, 7) is 0.0171. The molecule has 0 unspecified atom stereocenters. The summed E-state index contributed by atoms with van der Waals surface area (Å²) in [6.07, 6.45) is 4.55. The maximum atomic E-state index is 2.54. The standard InChI is InChI=1S/C50H30BN5/c1-3-15-33(16-4-1)54-40-22-8-7-21-39(40)51-47-43(54)29-38-37(45(47)35-19-11-13-31-25-27-52(51)48(31)35)30-44-50-46(38)36-20-12-14-32-26-28-53(49(32)36)56(50)42-24-10-9-23-41(42)55(44)34-17-5-2-6-18-34/h1-30H. The van der Waals surface area contributed by atoms with Gasteiger partial charge in [0.15, 0.2) is 0 Å². The van der Waals surface area contributed by atoms with Crippen LogP contribution in [0.2, 0.25) is 0 Å². The number of para-hydroxylation sites is 7. The van der Waals surface area contributed by atoms with Gasteiger partial charge < -0.3 is 13.9 Å². The van der Waals surface area contributed by atoms with Crippen LogP contribution >= 0.6 is 0 Å². The van der Waals surface area contributed by atoms with E-state index in [-0.39, 0.29) is 6.85 Å². The predicted molar refractivity (Wildman–Crippen MR) is 233 cm³/mol. The van der Waals surface area contributed by atoms with Gasteiger partial charge >= 0.3 is 6.85 Å². The zero-order valence-corrected chi connectivity index (χ0v) is 30.1. The number of rotatable bonds is 2. The predicted octanol–water partition coefficient (Wildman–Crippen LogP) is 10.9. The summed E-state index contributed by atoms with van der Waals surface area (Å²) < 4.78 is 9.87. The molecule has 0 spiro atoms. The average Bonchev–Trinajstić information content (AvgIpc) is 3.90. The zero-order valence-electron chi connectivity index (χ0n) is 30.1. The Hall–Kier alpha value is -7.44. The van der Waals surface area contributed by atoms with Crippen molar-refractivity contribution >= 4 is 94.7 Å². The smallest absolute Gasteiger partial charge is 0.332 e. The molecule has 6 heteroatoms. The Morgan fingerprint density at radius 3 is 2.04 bits per heavy atom. The molecular weight excluding hydrogens is 681 g/mol. The molecule has 0 fully saturated rings. The van der Waals surface area contributed by atoms with Gasteiger partial charge in [0, 0.05) is 56.2 Å². The van der Waals surface area contributed by atoms with Crippen molar-refractivity contribution in [3.8, 4) is 22.5 Å². The second-order valence-electron chi connectivity index (χ2n) is 15.4. The highest BCUT2D eigenvalue weighted by atomic mass is 15.4. The summed E-state index contributed by atoms with van der Waals surface area (Å²) in [5.74, 6) is 0. The van der Waals surface area contributed by atoms with E-state index < -0.39 is 0 Å². The number of hydrogen-bond acceptors (Lipinski definition) is 1. The third kappa shape index (κ3) is 3.40. The Labute approximate surface area is 321 Å². The van der Waals surface area contributed by atoms with Gasteiger partial charge in [0.2, 0.25) is 0 Å². The van der Waals surface area contributed by atoms with Crippen molar-refractivity contribution < 1.29 is 0 Å². The summed E-state index contributed by atoms with van der Waals surface area (Å²) in [5, 5.41) is 7.54. The first-order valence-electron chi connectivity index (χ1n) is 19.4. The van der Waals surface area contributed by atoms with Crippen molar-refractivity contribution in [2.24, 2.45) is 0 Å². The maximum absolute atomic E-state index is 2.54. The molecule has 258 valence electrons. The summed E-state index contributed by atoms with van der Waals surface area (Å²) in [4.78, 5) is 2.51. The lowest BCUT2D eigenvalue weighted by Gasteiger charge is -2.41. The largest absolute Gasteiger partial charge is 0.382 e. The van der Waals surface area contributed by atoms with Gasteiger partial charge in [-0.1, -0.05) is 103 Å². The first-order valence-corrected chi connectivity index (χ1v) is 19.4. The van der Waals surface area contributed by atoms with Crippen LogP contribution in [0.5, 0.6) is 0 Å². The fraction of sp³-hybridized carbons (Fsp3) is 0. The van der Waals surface area contributed by atoms with E-state index in [0.29, 0.717) is 0 Å². The Morgan fingerprint density at radius 2 is 1.18 bits per heavy atom. The number of aromatic nitrogens is 4. The van der Waals surface area contributed by atoms with Crippen LogP contribution in [0.15, 0.2) is 182 Å². The van der Waals surface area contributed by atoms with Crippen molar-refractivity contribution in [1.82, 2.24) is 18.2 Å². The van der Waals surface area contributed by atoms with Gasteiger partial charge in [0.1, 0.15) is 0 Å². The van der Waals surface area contributed by atoms with Crippen molar-refractivity contribution in [2.75, 3.05) is 4.90 Å². The van der Waals surface area contributed by atoms with Gasteiger partial charge in [-0.3, -0.25) is 4.52 Å². The van der Waals surface area contributed by atoms with Crippen molar-refractivity contribution in [2.45, 2.75) is 0 Å². The Balaban J connectivity index is 1.30. The quantitative estimate of drug-likeness (QED) is 0.0994. The van der Waals surface area contributed by atoms with Crippen LogP contribution in [0.3, 0.4) is 0 Å². The van der Waals surface area contributed by atoms with Crippen LogP contribution in [0.1, 0.15) is 0 Å². The molecule has 10 aromatic rings. The SMILES string of the molecule is c1ccc(N2c3ccccc3B3c4c2cc2c(cc5c6c2c2cccc7ccn(c72)n-6c2ccccc2n5-c2ccccc2)c4-c2cccc4ccn3c24)cc1. The molecular formula is C50H30BN5. The van der Waals surface area contributed by atoms with E-state index in [1.54, 1.807) is 0 Å². The maximum Gasteiger partial charge on any atom is 0.332 e. The van der Waals surface area contributed by atoms with Crippen molar-refractivity contribution in [3.05, 3.63) is 182 Å². The first-order chi connectivity index (χ1) is 27.8. The summed E-state index contributed by atoms with van der Waals surface area (Å²) in [6, 6.07) is 63.0. The summed E-state index contributed by atoms with van der Waals surface area (Å²) >= 11 is 0. The van der Waals surface area contributed by atoms with Gasteiger partial charge in [-0.15, -0.1) is 0 Å². The fourth-order valence-electron chi connectivity index (χ4n) is 10.6. The molecule has 0 radical (unpaired) electrons. The number of hydrogen-bond donors (Lipinski definition) is 0. The second kappa shape index (κ2) is 10.2. The highest BCUT2D eigenvalue weighted by molar-refractivity contribution is 6.89. The molecule has 4 aliphatic rings. The lowest BCUT2D eigenvalue weighted by molar-refractivity contribution is 0.815. The molecule has 14 rings (SSSR count). The minimum absolute atomic E-state index is 0.0171. The number of fused-ring (bicyclic) bond motifs is 11. The highest BCUT2D eigenvalue weighted by Gasteiger charge is 2.42. The lowest BCUT2D eigenvalue weighted by Crippen LogP contribution is -2.56. The molecule has 5 nitrogen and oxygen atoms in total. The molecule has 56 heavy (non-hydrogen) atoms. The van der Waals surface area contributed by atoms with Gasteiger partial charge in [-0.05, 0) is 106 Å². The third-order valence-corrected chi connectivity index (χ3v) is 12.7. The van der Waals surface area contributed by atoms with Gasteiger partial charge in [-0.2, -0.15) is 0 Å². The molecule has 4 aliphatic heterocycles.